The highest BCUT2D eigenvalue weighted by atomic mass is 19.4. The fourth-order valence-corrected chi connectivity index (χ4v) is 1.55. The SMILES string of the molecule is Cc1cccc(Oc2ccc(N)cc2C(F)(F)F)n1. The van der Waals surface area contributed by atoms with E-state index in [1.54, 1.807) is 19.1 Å². The normalized spacial score (nSPS) is 11.4. The molecule has 1 aromatic carbocycles. The van der Waals surface area contributed by atoms with Gasteiger partial charge in [0.25, 0.3) is 0 Å². The van der Waals surface area contributed by atoms with Crippen LogP contribution >= 0.6 is 0 Å². The van der Waals surface area contributed by atoms with Crippen LogP contribution in [0.15, 0.2) is 36.4 Å². The Bertz CT molecular complexity index is 597. The molecule has 0 saturated carbocycles. The fraction of sp³-hybridized carbons (Fsp3) is 0.154. The van der Waals surface area contributed by atoms with Crippen LogP contribution < -0.4 is 10.5 Å². The lowest BCUT2D eigenvalue weighted by Gasteiger charge is -2.13. The van der Waals surface area contributed by atoms with Crippen LogP contribution in [0.1, 0.15) is 11.3 Å². The Hall–Kier alpha value is -2.24. The summed E-state index contributed by atoms with van der Waals surface area (Å²) in [7, 11) is 0. The van der Waals surface area contributed by atoms with Crippen molar-refractivity contribution in [1.82, 2.24) is 4.98 Å². The summed E-state index contributed by atoms with van der Waals surface area (Å²) in [5, 5.41) is 0. The number of hydrogen-bond acceptors (Lipinski definition) is 3. The van der Waals surface area contributed by atoms with Gasteiger partial charge in [0.2, 0.25) is 5.88 Å². The van der Waals surface area contributed by atoms with Gasteiger partial charge in [-0.15, -0.1) is 0 Å². The van der Waals surface area contributed by atoms with Crippen molar-refractivity contribution < 1.29 is 17.9 Å². The number of nitrogen functional groups attached to an aromatic ring is 1. The summed E-state index contributed by atoms with van der Waals surface area (Å²) in [4.78, 5) is 3.99. The number of anilines is 1. The van der Waals surface area contributed by atoms with E-state index < -0.39 is 11.7 Å². The summed E-state index contributed by atoms with van der Waals surface area (Å²) < 4.78 is 43.7. The summed E-state index contributed by atoms with van der Waals surface area (Å²) in [6.07, 6.45) is -4.53. The highest BCUT2D eigenvalue weighted by molar-refractivity contribution is 5.50. The Morgan fingerprint density at radius 3 is 2.53 bits per heavy atom. The molecule has 100 valence electrons. The second kappa shape index (κ2) is 4.79. The van der Waals surface area contributed by atoms with E-state index in [1.165, 1.54) is 18.2 Å². The van der Waals surface area contributed by atoms with Gasteiger partial charge >= 0.3 is 6.18 Å². The van der Waals surface area contributed by atoms with Crippen LogP contribution in [-0.4, -0.2) is 4.98 Å². The largest absolute Gasteiger partial charge is 0.438 e. The number of nitrogens with two attached hydrogens (primary N) is 1. The minimum Gasteiger partial charge on any atom is -0.438 e. The molecular weight excluding hydrogens is 257 g/mol. The third kappa shape index (κ3) is 3.15. The minimum absolute atomic E-state index is 0.0249. The van der Waals surface area contributed by atoms with Gasteiger partial charge < -0.3 is 10.5 Å². The van der Waals surface area contributed by atoms with Crippen LogP contribution in [0.3, 0.4) is 0 Å². The summed E-state index contributed by atoms with van der Waals surface area (Å²) in [6.45, 7) is 1.72. The molecule has 2 aromatic rings. The summed E-state index contributed by atoms with van der Waals surface area (Å²) in [6, 6.07) is 8.24. The molecule has 2 N–H and O–H groups in total. The lowest BCUT2D eigenvalue weighted by atomic mass is 10.1. The van der Waals surface area contributed by atoms with Gasteiger partial charge in [-0.05, 0) is 31.2 Å². The number of ether oxygens (including phenoxy) is 1. The van der Waals surface area contributed by atoms with Gasteiger partial charge in [0.1, 0.15) is 11.3 Å². The van der Waals surface area contributed by atoms with Crippen LogP contribution in [0.5, 0.6) is 11.6 Å². The summed E-state index contributed by atoms with van der Waals surface area (Å²) >= 11 is 0. The van der Waals surface area contributed by atoms with Gasteiger partial charge in [0.15, 0.2) is 0 Å². The minimum atomic E-state index is -4.53. The van der Waals surface area contributed by atoms with Gasteiger partial charge in [0, 0.05) is 17.4 Å². The summed E-state index contributed by atoms with van der Waals surface area (Å²) in [5.41, 5.74) is 5.13. The fourth-order valence-electron chi connectivity index (χ4n) is 1.55. The highest BCUT2D eigenvalue weighted by Crippen LogP contribution is 2.38. The first-order chi connectivity index (χ1) is 8.86. The maximum absolute atomic E-state index is 12.9. The van der Waals surface area contributed by atoms with Gasteiger partial charge in [-0.2, -0.15) is 13.2 Å². The molecule has 0 aliphatic carbocycles. The molecule has 0 amide bonds. The Kier molecular flexibility index (Phi) is 3.33. The van der Waals surface area contributed by atoms with E-state index in [0.717, 1.165) is 6.07 Å². The molecule has 0 saturated heterocycles. The van der Waals surface area contributed by atoms with Crippen LogP contribution in [0.2, 0.25) is 0 Å². The predicted molar refractivity (Wildman–Crippen MR) is 64.9 cm³/mol. The zero-order valence-corrected chi connectivity index (χ0v) is 10.0. The molecule has 0 spiro atoms. The van der Waals surface area contributed by atoms with Crippen molar-refractivity contribution in [1.29, 1.82) is 0 Å². The maximum Gasteiger partial charge on any atom is 0.420 e. The highest BCUT2D eigenvalue weighted by Gasteiger charge is 2.34. The molecule has 0 radical (unpaired) electrons. The number of aromatic nitrogens is 1. The van der Waals surface area contributed by atoms with Crippen LogP contribution in [0.25, 0.3) is 0 Å². The molecule has 3 nitrogen and oxygen atoms in total. The van der Waals surface area contributed by atoms with Crippen molar-refractivity contribution in [3.05, 3.63) is 47.7 Å². The summed E-state index contributed by atoms with van der Waals surface area (Å²) in [5.74, 6) is -0.213. The van der Waals surface area contributed by atoms with Crippen LogP contribution in [0, 0.1) is 6.92 Å². The Morgan fingerprint density at radius 1 is 1.16 bits per heavy atom. The molecule has 0 aliphatic rings. The Labute approximate surface area is 107 Å². The average molecular weight is 268 g/mol. The van der Waals surface area contributed by atoms with Crippen molar-refractivity contribution in [2.75, 3.05) is 5.73 Å². The molecule has 6 heteroatoms. The van der Waals surface area contributed by atoms with E-state index in [0.29, 0.717) is 5.69 Å². The predicted octanol–water partition coefficient (Wildman–Crippen LogP) is 3.78. The van der Waals surface area contributed by atoms with E-state index in [4.69, 9.17) is 10.5 Å². The third-order valence-electron chi connectivity index (χ3n) is 2.39. The molecule has 1 aromatic heterocycles. The third-order valence-corrected chi connectivity index (χ3v) is 2.39. The number of alkyl halides is 3. The van der Waals surface area contributed by atoms with Gasteiger partial charge in [-0.3, -0.25) is 0 Å². The molecular formula is C13H11F3N2O. The standard InChI is InChI=1S/C13H11F3N2O/c1-8-3-2-4-12(18-8)19-11-6-5-9(17)7-10(11)13(14,15)16/h2-7H,17H2,1H3. The van der Waals surface area contributed by atoms with E-state index in [1.807, 2.05) is 0 Å². The second-order valence-electron chi connectivity index (χ2n) is 3.97. The number of rotatable bonds is 2. The van der Waals surface area contributed by atoms with E-state index in [2.05, 4.69) is 4.98 Å². The monoisotopic (exact) mass is 268 g/mol. The Balaban J connectivity index is 2.40. The van der Waals surface area contributed by atoms with Crippen LogP contribution in [-0.2, 0) is 6.18 Å². The molecule has 0 unspecified atom stereocenters. The first-order valence-corrected chi connectivity index (χ1v) is 5.44. The first kappa shape index (κ1) is 13.2. The van der Waals surface area contributed by atoms with Crippen molar-refractivity contribution in [2.45, 2.75) is 13.1 Å². The molecule has 0 bridgehead atoms. The second-order valence-corrected chi connectivity index (χ2v) is 3.97. The van der Waals surface area contributed by atoms with E-state index in [9.17, 15) is 13.2 Å². The maximum atomic E-state index is 12.9. The van der Waals surface area contributed by atoms with E-state index >= 15 is 0 Å². The molecule has 1 heterocycles. The van der Waals surface area contributed by atoms with Gasteiger partial charge in [-0.25, -0.2) is 4.98 Å². The number of halogens is 3. The topological polar surface area (TPSA) is 48.1 Å². The first-order valence-electron chi connectivity index (χ1n) is 5.44. The van der Waals surface area contributed by atoms with E-state index in [-0.39, 0.29) is 17.3 Å². The molecule has 2 rings (SSSR count). The lowest BCUT2D eigenvalue weighted by molar-refractivity contribution is -0.138. The number of nitrogens with zero attached hydrogens (tertiary/aromatic N) is 1. The molecule has 0 aliphatic heterocycles. The van der Waals surface area contributed by atoms with Gasteiger partial charge in [0.05, 0.1) is 0 Å². The van der Waals surface area contributed by atoms with Gasteiger partial charge in [-0.1, -0.05) is 6.07 Å². The molecule has 19 heavy (non-hydrogen) atoms. The lowest BCUT2D eigenvalue weighted by Crippen LogP contribution is -2.08. The Morgan fingerprint density at radius 2 is 1.89 bits per heavy atom. The average Bonchev–Trinajstić information content (AvgIpc) is 2.30. The van der Waals surface area contributed by atoms with Crippen molar-refractivity contribution in [3.8, 4) is 11.6 Å². The smallest absolute Gasteiger partial charge is 0.420 e. The number of benzene rings is 1. The molecule has 0 fully saturated rings. The van der Waals surface area contributed by atoms with Crippen molar-refractivity contribution in [3.63, 3.8) is 0 Å². The number of hydrogen-bond donors (Lipinski definition) is 1. The van der Waals surface area contributed by atoms with Crippen molar-refractivity contribution in [2.24, 2.45) is 0 Å². The quantitative estimate of drug-likeness (QED) is 0.843. The van der Waals surface area contributed by atoms with Crippen molar-refractivity contribution >= 4 is 5.69 Å². The molecule has 0 atom stereocenters. The number of pyridine rings is 1. The van der Waals surface area contributed by atoms with Crippen LogP contribution in [0.4, 0.5) is 18.9 Å². The zero-order chi connectivity index (χ0) is 14.0. The zero-order valence-electron chi connectivity index (χ0n) is 10.0. The number of aryl methyl sites for hydroxylation is 1.